The molecule has 0 saturated carbocycles. The lowest BCUT2D eigenvalue weighted by Gasteiger charge is -2.26. The van der Waals surface area contributed by atoms with E-state index in [1.165, 1.54) is 12.1 Å². The summed E-state index contributed by atoms with van der Waals surface area (Å²) in [6.45, 7) is 1.35. The van der Waals surface area contributed by atoms with Crippen LogP contribution in [-0.4, -0.2) is 37.4 Å². The first-order valence-electron chi connectivity index (χ1n) is 7.59. The zero-order valence-corrected chi connectivity index (χ0v) is 14.4. The number of hydrogen-bond donors (Lipinski definition) is 0. The second-order valence-electron chi connectivity index (χ2n) is 5.14. The molecule has 0 aliphatic carbocycles. The number of halogens is 3. The minimum atomic E-state index is -4.67. The van der Waals surface area contributed by atoms with Gasteiger partial charge in [0.15, 0.2) is 6.29 Å². The monoisotopic (exact) mass is 372 g/mol. The molecule has 0 spiro atoms. The molecular weight excluding hydrogens is 353 g/mol. The van der Waals surface area contributed by atoms with E-state index in [1.807, 2.05) is 30.6 Å². The summed E-state index contributed by atoms with van der Waals surface area (Å²) in [5.74, 6) is -0.237. The Labute approximate surface area is 149 Å². The number of rotatable bonds is 6. The second kappa shape index (κ2) is 9.70. The third-order valence-electron chi connectivity index (χ3n) is 3.23. The Bertz CT molecular complexity index is 601. The van der Waals surface area contributed by atoms with E-state index in [0.717, 1.165) is 5.56 Å². The van der Waals surface area contributed by atoms with Crippen molar-refractivity contribution in [2.24, 2.45) is 0 Å². The predicted octanol–water partition coefficient (Wildman–Crippen LogP) is 4.82. The van der Waals surface area contributed by atoms with E-state index in [1.54, 1.807) is 36.0 Å². The molecule has 0 atom stereocenters. The third-order valence-corrected chi connectivity index (χ3v) is 4.17. The van der Waals surface area contributed by atoms with Crippen LogP contribution < -0.4 is 4.74 Å². The molecule has 1 heterocycles. The van der Waals surface area contributed by atoms with Gasteiger partial charge in [-0.3, -0.25) is 0 Å². The van der Waals surface area contributed by atoms with Gasteiger partial charge in [0.2, 0.25) is 0 Å². The van der Waals surface area contributed by atoms with Crippen molar-refractivity contribution in [3.05, 3.63) is 60.2 Å². The Balaban J connectivity index is 1.75. The highest BCUT2D eigenvalue weighted by atomic mass is 32.2. The average Bonchev–Trinajstić information content (AvgIpc) is 2.58. The number of hydrogen-bond acceptors (Lipinski definition) is 4. The first-order chi connectivity index (χ1) is 12.0. The second-order valence-corrected chi connectivity index (χ2v) is 6.28. The maximum atomic E-state index is 12.1. The molecule has 7 heteroatoms. The van der Waals surface area contributed by atoms with Gasteiger partial charge in [0.05, 0.1) is 18.5 Å². The van der Waals surface area contributed by atoms with Gasteiger partial charge in [-0.2, -0.15) is 11.8 Å². The molecule has 25 heavy (non-hydrogen) atoms. The van der Waals surface area contributed by atoms with Crippen molar-refractivity contribution < 1.29 is 27.4 Å². The van der Waals surface area contributed by atoms with E-state index in [2.05, 4.69) is 4.74 Å². The molecule has 1 aromatic carbocycles. The van der Waals surface area contributed by atoms with Crippen LogP contribution in [0, 0.1) is 0 Å². The summed E-state index contributed by atoms with van der Waals surface area (Å²) < 4.78 is 51.1. The smallest absolute Gasteiger partial charge is 0.406 e. The van der Waals surface area contributed by atoms with Crippen LogP contribution >= 0.6 is 11.8 Å². The predicted molar refractivity (Wildman–Crippen MR) is 93.4 cm³/mol. The third kappa shape index (κ3) is 7.81. The molecule has 0 amide bonds. The molecule has 1 saturated heterocycles. The van der Waals surface area contributed by atoms with E-state index in [-0.39, 0.29) is 12.0 Å². The molecule has 2 rings (SSSR count). The molecule has 1 aliphatic rings. The lowest BCUT2D eigenvalue weighted by atomic mass is 10.2. The van der Waals surface area contributed by atoms with Gasteiger partial charge >= 0.3 is 6.36 Å². The van der Waals surface area contributed by atoms with Gasteiger partial charge in [-0.15, -0.1) is 13.2 Å². The Morgan fingerprint density at radius 3 is 2.28 bits per heavy atom. The van der Waals surface area contributed by atoms with Crippen LogP contribution in [0.15, 0.2) is 54.6 Å². The van der Waals surface area contributed by atoms with Crippen molar-refractivity contribution >= 4 is 17.8 Å². The van der Waals surface area contributed by atoms with Crippen molar-refractivity contribution in [1.82, 2.24) is 0 Å². The largest absolute Gasteiger partial charge is 0.573 e. The molecular formula is C18H19F3O3S. The first-order valence-corrected chi connectivity index (χ1v) is 8.88. The summed E-state index contributed by atoms with van der Waals surface area (Å²) in [7, 11) is 0. The lowest BCUT2D eigenvalue weighted by molar-refractivity contribution is -0.274. The van der Waals surface area contributed by atoms with Crippen LogP contribution in [0.5, 0.6) is 5.75 Å². The topological polar surface area (TPSA) is 27.7 Å². The average molecular weight is 372 g/mol. The van der Waals surface area contributed by atoms with Crippen LogP contribution in [0.2, 0.25) is 0 Å². The fraction of sp³-hybridized carbons (Fsp3) is 0.333. The van der Waals surface area contributed by atoms with Crippen LogP contribution in [0.4, 0.5) is 13.2 Å². The minimum Gasteiger partial charge on any atom is -0.406 e. The Kier molecular flexibility index (Phi) is 7.61. The van der Waals surface area contributed by atoms with Gasteiger partial charge in [-0.1, -0.05) is 42.5 Å². The minimum absolute atomic E-state index is 0.237. The molecule has 0 N–H and O–H groups in total. The SMILES string of the molecule is CSC1COC(/C=C/C=C/C=C/c2ccc(OC(F)(F)F)cc2)OC1. The van der Waals surface area contributed by atoms with Gasteiger partial charge in [0, 0.05) is 0 Å². The van der Waals surface area contributed by atoms with E-state index >= 15 is 0 Å². The molecule has 1 aromatic rings. The van der Waals surface area contributed by atoms with Crippen LogP contribution in [-0.2, 0) is 9.47 Å². The molecule has 136 valence electrons. The fourth-order valence-corrected chi connectivity index (χ4v) is 2.41. The summed E-state index contributed by atoms with van der Waals surface area (Å²) >= 11 is 1.72. The Morgan fingerprint density at radius 1 is 1.04 bits per heavy atom. The highest BCUT2D eigenvalue weighted by Gasteiger charge is 2.30. The maximum absolute atomic E-state index is 12.1. The van der Waals surface area contributed by atoms with Crippen LogP contribution in [0.3, 0.4) is 0 Å². The number of thioether (sulfide) groups is 1. The zero-order chi connectivity index (χ0) is 18.1. The molecule has 1 aliphatic heterocycles. The van der Waals surface area contributed by atoms with Crippen molar-refractivity contribution in [1.29, 1.82) is 0 Å². The van der Waals surface area contributed by atoms with Crippen molar-refractivity contribution in [3.8, 4) is 5.75 Å². The fourth-order valence-electron chi connectivity index (χ4n) is 1.98. The summed E-state index contributed by atoms with van der Waals surface area (Å²) in [5, 5.41) is 0.385. The number of alkyl halides is 3. The first kappa shape index (κ1) is 19.6. The van der Waals surface area contributed by atoms with Gasteiger partial charge in [0.25, 0.3) is 0 Å². The quantitative estimate of drug-likeness (QED) is 0.670. The lowest BCUT2D eigenvalue weighted by Crippen LogP contribution is -2.32. The molecule has 0 unspecified atom stereocenters. The molecule has 0 radical (unpaired) electrons. The Morgan fingerprint density at radius 2 is 1.68 bits per heavy atom. The molecule has 3 nitrogen and oxygen atoms in total. The van der Waals surface area contributed by atoms with Gasteiger partial charge in [0.1, 0.15) is 5.75 Å². The van der Waals surface area contributed by atoms with Crippen LogP contribution in [0.25, 0.3) is 6.08 Å². The van der Waals surface area contributed by atoms with E-state index in [4.69, 9.17) is 9.47 Å². The van der Waals surface area contributed by atoms with Crippen LogP contribution in [0.1, 0.15) is 5.56 Å². The number of allylic oxidation sites excluding steroid dienone is 4. The normalized spacial score (nSPS) is 22.2. The van der Waals surface area contributed by atoms with E-state index in [9.17, 15) is 13.2 Å². The molecule has 1 fully saturated rings. The zero-order valence-electron chi connectivity index (χ0n) is 13.6. The van der Waals surface area contributed by atoms with E-state index in [0.29, 0.717) is 18.5 Å². The molecule has 0 bridgehead atoms. The number of ether oxygens (including phenoxy) is 3. The van der Waals surface area contributed by atoms with Gasteiger partial charge in [-0.05, 0) is 30.0 Å². The highest BCUT2D eigenvalue weighted by molar-refractivity contribution is 7.99. The van der Waals surface area contributed by atoms with Gasteiger partial charge in [-0.25, -0.2) is 0 Å². The standard InChI is InChI=1S/C18H19F3O3S/c1-25-16-12-22-17(23-13-16)7-5-3-2-4-6-14-8-10-15(11-9-14)24-18(19,20)21/h2-11,16-17H,12-13H2,1H3/b3-2+,6-4+,7-5+. The van der Waals surface area contributed by atoms with Crippen molar-refractivity contribution in [2.75, 3.05) is 19.5 Å². The summed E-state index contributed by atoms with van der Waals surface area (Å²) in [6.07, 6.45) is 7.88. The summed E-state index contributed by atoms with van der Waals surface area (Å²) in [4.78, 5) is 0. The molecule has 0 aromatic heterocycles. The number of benzene rings is 1. The van der Waals surface area contributed by atoms with E-state index < -0.39 is 6.36 Å². The summed E-state index contributed by atoms with van der Waals surface area (Å²) in [5.41, 5.74) is 0.769. The summed E-state index contributed by atoms with van der Waals surface area (Å²) in [6, 6.07) is 5.65. The Hall–Kier alpha value is -1.70. The van der Waals surface area contributed by atoms with Crippen molar-refractivity contribution in [2.45, 2.75) is 17.9 Å². The highest BCUT2D eigenvalue weighted by Crippen LogP contribution is 2.23. The van der Waals surface area contributed by atoms with Crippen molar-refractivity contribution in [3.63, 3.8) is 0 Å². The van der Waals surface area contributed by atoms with Gasteiger partial charge < -0.3 is 14.2 Å². The maximum Gasteiger partial charge on any atom is 0.573 e.